The molecule has 0 aliphatic rings. The maximum absolute atomic E-state index is 12.1. The Morgan fingerprint density at radius 1 is 1.36 bits per heavy atom. The van der Waals surface area contributed by atoms with E-state index in [1.807, 2.05) is 30.3 Å². The molecule has 1 heterocycles. The normalized spacial score (nSPS) is 11.8. The van der Waals surface area contributed by atoms with Gasteiger partial charge in [0.05, 0.1) is 28.6 Å². The number of carbonyl (C=O) groups excluding carboxylic acids is 1. The third-order valence-corrected chi connectivity index (χ3v) is 4.22. The van der Waals surface area contributed by atoms with Gasteiger partial charge in [-0.1, -0.05) is 18.2 Å². The average Bonchev–Trinajstić information content (AvgIpc) is 2.82. The lowest BCUT2D eigenvalue weighted by Gasteiger charge is -2.19. The van der Waals surface area contributed by atoms with E-state index < -0.39 is 17.7 Å². The number of ether oxygens (including phenoxy) is 1. The Balaban J connectivity index is 2.50. The minimum atomic E-state index is -1.16. The first-order valence-corrected chi connectivity index (χ1v) is 8.35. The van der Waals surface area contributed by atoms with Crippen LogP contribution in [0.25, 0.3) is 16.2 Å². The minimum Gasteiger partial charge on any atom is -0.478 e. The number of carboxylic acid groups (broad SMARTS) is 1. The summed E-state index contributed by atoms with van der Waals surface area (Å²) in [7, 11) is 0. The molecule has 1 aromatic heterocycles. The molecule has 0 bridgehead atoms. The van der Waals surface area contributed by atoms with Gasteiger partial charge in [-0.2, -0.15) is 5.26 Å². The summed E-state index contributed by atoms with van der Waals surface area (Å²) in [5.41, 5.74) is -0.216. The van der Waals surface area contributed by atoms with Crippen molar-refractivity contribution in [1.29, 1.82) is 5.26 Å². The summed E-state index contributed by atoms with van der Waals surface area (Å²) in [6.45, 7) is 5.28. The zero-order chi connectivity index (χ0) is 18.6. The molecule has 0 unspecified atom stereocenters. The van der Waals surface area contributed by atoms with E-state index in [9.17, 15) is 14.7 Å². The van der Waals surface area contributed by atoms with Crippen molar-refractivity contribution >= 4 is 45.2 Å². The first kappa shape index (κ1) is 18.5. The van der Waals surface area contributed by atoms with Crippen molar-refractivity contribution < 1.29 is 19.4 Å². The minimum absolute atomic E-state index is 0.0405. The third kappa shape index (κ3) is 4.81. The van der Waals surface area contributed by atoms with E-state index in [2.05, 4.69) is 5.32 Å². The first-order chi connectivity index (χ1) is 11.7. The van der Waals surface area contributed by atoms with Crippen LogP contribution in [0.5, 0.6) is 0 Å². The monoisotopic (exact) mass is 358 g/mol. The van der Waals surface area contributed by atoms with Gasteiger partial charge in [0, 0.05) is 10.1 Å². The summed E-state index contributed by atoms with van der Waals surface area (Å²) in [5.74, 6) is -1.16. The van der Waals surface area contributed by atoms with Crippen LogP contribution < -0.4 is 5.32 Å². The molecule has 0 aliphatic carbocycles. The molecule has 0 saturated carbocycles. The second-order valence-corrected chi connectivity index (χ2v) is 7.36. The van der Waals surface area contributed by atoms with Gasteiger partial charge >= 0.3 is 12.1 Å². The Bertz CT molecular complexity index is 885. The van der Waals surface area contributed by atoms with Crippen LogP contribution in [0, 0.1) is 11.3 Å². The van der Waals surface area contributed by atoms with Crippen molar-refractivity contribution in [1.82, 2.24) is 0 Å². The number of hydrogen-bond acceptors (Lipinski definition) is 5. The molecule has 1 amide bonds. The van der Waals surface area contributed by atoms with Gasteiger partial charge in [-0.3, -0.25) is 5.32 Å². The van der Waals surface area contributed by atoms with Crippen LogP contribution in [-0.4, -0.2) is 22.8 Å². The van der Waals surface area contributed by atoms with Gasteiger partial charge in [0.1, 0.15) is 5.60 Å². The third-order valence-electron chi connectivity index (χ3n) is 3.10. The van der Waals surface area contributed by atoms with E-state index in [0.717, 1.165) is 10.1 Å². The fourth-order valence-electron chi connectivity index (χ4n) is 2.13. The van der Waals surface area contributed by atoms with Gasteiger partial charge in [0.25, 0.3) is 0 Å². The SMILES string of the molecule is CC(C)(C)OC(=O)Nc1c(/C=C(\CC#N)C(=O)O)sc2ccccc12. The molecule has 0 fully saturated rings. The molecule has 25 heavy (non-hydrogen) atoms. The lowest BCUT2D eigenvalue weighted by atomic mass is 10.1. The largest absolute Gasteiger partial charge is 0.478 e. The Hall–Kier alpha value is -2.85. The summed E-state index contributed by atoms with van der Waals surface area (Å²) >= 11 is 1.34. The Morgan fingerprint density at radius 2 is 2.04 bits per heavy atom. The average molecular weight is 358 g/mol. The number of carboxylic acids is 1. The number of amides is 1. The zero-order valence-corrected chi connectivity index (χ0v) is 14.9. The van der Waals surface area contributed by atoms with E-state index >= 15 is 0 Å². The van der Waals surface area contributed by atoms with Gasteiger partial charge < -0.3 is 9.84 Å². The van der Waals surface area contributed by atoms with Crippen LogP contribution in [0.15, 0.2) is 29.8 Å². The van der Waals surface area contributed by atoms with E-state index in [0.29, 0.717) is 10.6 Å². The number of carbonyl (C=O) groups is 2. The molecule has 0 radical (unpaired) electrons. The molecule has 2 N–H and O–H groups in total. The van der Waals surface area contributed by atoms with Gasteiger partial charge in [0.2, 0.25) is 0 Å². The topological polar surface area (TPSA) is 99.4 Å². The first-order valence-electron chi connectivity index (χ1n) is 7.53. The fourth-order valence-corrected chi connectivity index (χ4v) is 3.26. The lowest BCUT2D eigenvalue weighted by Crippen LogP contribution is -2.27. The molecule has 2 aromatic rings. The summed E-state index contributed by atoms with van der Waals surface area (Å²) < 4.78 is 6.17. The molecule has 1 aromatic carbocycles. The number of nitrogens with one attached hydrogen (secondary N) is 1. The van der Waals surface area contributed by atoms with Crippen molar-refractivity contribution in [2.24, 2.45) is 0 Å². The molecule has 0 atom stereocenters. The molecule has 0 saturated heterocycles. The maximum atomic E-state index is 12.1. The van der Waals surface area contributed by atoms with E-state index in [-0.39, 0.29) is 12.0 Å². The molecular formula is C18H18N2O4S. The highest BCUT2D eigenvalue weighted by Gasteiger charge is 2.20. The predicted octanol–water partition coefficient (Wildman–Crippen LogP) is 4.63. The van der Waals surface area contributed by atoms with E-state index in [4.69, 9.17) is 10.00 Å². The molecule has 7 heteroatoms. The molecule has 2 rings (SSSR count). The summed E-state index contributed by atoms with van der Waals surface area (Å²) in [6, 6.07) is 9.24. The lowest BCUT2D eigenvalue weighted by molar-refractivity contribution is -0.132. The molecule has 6 nitrogen and oxygen atoms in total. The van der Waals surface area contributed by atoms with Gasteiger partial charge in [-0.25, -0.2) is 9.59 Å². The Morgan fingerprint density at radius 3 is 2.64 bits per heavy atom. The summed E-state index contributed by atoms with van der Waals surface area (Å²) in [6.07, 6.45) is 0.570. The molecule has 0 aliphatic heterocycles. The van der Waals surface area contributed by atoms with Gasteiger partial charge in [-0.15, -0.1) is 11.3 Å². The molecular weight excluding hydrogens is 340 g/mol. The number of benzene rings is 1. The molecule has 0 spiro atoms. The van der Waals surface area contributed by atoms with Crippen LogP contribution in [0.4, 0.5) is 10.5 Å². The predicted molar refractivity (Wildman–Crippen MR) is 97.5 cm³/mol. The van der Waals surface area contributed by atoms with Crippen LogP contribution in [0.2, 0.25) is 0 Å². The fraction of sp³-hybridized carbons (Fsp3) is 0.278. The number of aliphatic carboxylic acids is 1. The number of anilines is 1. The Labute approximate surface area is 149 Å². The number of hydrogen-bond donors (Lipinski definition) is 2. The van der Waals surface area contributed by atoms with Crippen LogP contribution in [-0.2, 0) is 9.53 Å². The quantitative estimate of drug-likeness (QED) is 0.776. The highest BCUT2D eigenvalue weighted by molar-refractivity contribution is 7.20. The van der Waals surface area contributed by atoms with Crippen LogP contribution in [0.1, 0.15) is 32.1 Å². The second-order valence-electron chi connectivity index (χ2n) is 6.27. The highest BCUT2D eigenvalue weighted by Crippen LogP contribution is 2.37. The van der Waals surface area contributed by atoms with Crippen LogP contribution >= 0.6 is 11.3 Å². The standard InChI is InChI=1S/C18H18N2O4S/c1-18(2,3)24-17(23)20-15-12-6-4-5-7-13(12)25-14(15)10-11(8-9-19)16(21)22/h4-7,10H,8H2,1-3H3,(H,20,23)(H,21,22)/b11-10+. The van der Waals surface area contributed by atoms with Crippen molar-refractivity contribution in [3.63, 3.8) is 0 Å². The number of nitrogens with zero attached hydrogens (tertiary/aromatic N) is 1. The smallest absolute Gasteiger partial charge is 0.412 e. The van der Waals surface area contributed by atoms with Crippen molar-refractivity contribution in [2.75, 3.05) is 5.32 Å². The summed E-state index contributed by atoms with van der Waals surface area (Å²) in [5, 5.41) is 21.5. The number of thiophene rings is 1. The maximum Gasteiger partial charge on any atom is 0.412 e. The second kappa shape index (κ2) is 7.36. The van der Waals surface area contributed by atoms with E-state index in [1.165, 1.54) is 17.4 Å². The van der Waals surface area contributed by atoms with Gasteiger partial charge in [0.15, 0.2) is 0 Å². The Kier molecular flexibility index (Phi) is 5.45. The number of nitriles is 1. The number of fused-ring (bicyclic) bond motifs is 1. The number of rotatable bonds is 4. The zero-order valence-electron chi connectivity index (χ0n) is 14.1. The van der Waals surface area contributed by atoms with Crippen molar-refractivity contribution in [3.05, 3.63) is 34.7 Å². The van der Waals surface area contributed by atoms with Crippen LogP contribution in [0.3, 0.4) is 0 Å². The molecule has 130 valence electrons. The van der Waals surface area contributed by atoms with E-state index in [1.54, 1.807) is 20.8 Å². The van der Waals surface area contributed by atoms with Crippen molar-refractivity contribution in [2.45, 2.75) is 32.8 Å². The summed E-state index contributed by atoms with van der Waals surface area (Å²) in [4.78, 5) is 24.0. The van der Waals surface area contributed by atoms with Gasteiger partial charge in [-0.05, 0) is 32.9 Å². The van der Waals surface area contributed by atoms with Crippen molar-refractivity contribution in [3.8, 4) is 6.07 Å². The highest BCUT2D eigenvalue weighted by atomic mass is 32.1.